The zero-order valence-corrected chi connectivity index (χ0v) is 13.0. The van der Waals surface area contributed by atoms with Gasteiger partial charge in [0.1, 0.15) is 6.04 Å². The third-order valence-electron chi connectivity index (χ3n) is 3.72. The first kappa shape index (κ1) is 15.3. The Kier molecular flexibility index (Phi) is 5.02. The first-order chi connectivity index (χ1) is 9.50. The van der Waals surface area contributed by atoms with E-state index in [9.17, 15) is 4.79 Å². The van der Waals surface area contributed by atoms with Gasteiger partial charge in [-0.2, -0.15) is 0 Å². The zero-order valence-electron chi connectivity index (χ0n) is 12.3. The standard InChI is InChI=1S/C15H22ClN3O/c1-11-10-17-7-8-19(11)14(15(20)18(2)3)12-5-4-6-13(16)9-12/h4-6,9,11,14,17H,7-8,10H2,1-3H3. The minimum Gasteiger partial charge on any atom is -0.347 e. The van der Waals surface area contributed by atoms with Crippen LogP contribution in [0.25, 0.3) is 0 Å². The van der Waals surface area contributed by atoms with Crippen LogP contribution in [0.15, 0.2) is 24.3 Å². The molecule has 2 atom stereocenters. The second-order valence-electron chi connectivity index (χ2n) is 5.48. The highest BCUT2D eigenvalue weighted by Crippen LogP contribution is 2.27. The number of hydrogen-bond donors (Lipinski definition) is 1. The van der Waals surface area contributed by atoms with Gasteiger partial charge in [0.25, 0.3) is 0 Å². The maximum atomic E-state index is 12.6. The third kappa shape index (κ3) is 3.32. The van der Waals surface area contributed by atoms with Gasteiger partial charge in [-0.05, 0) is 24.6 Å². The molecule has 1 aromatic rings. The summed E-state index contributed by atoms with van der Waals surface area (Å²) in [5.74, 6) is 0.0982. The largest absolute Gasteiger partial charge is 0.347 e. The van der Waals surface area contributed by atoms with E-state index in [1.54, 1.807) is 19.0 Å². The summed E-state index contributed by atoms with van der Waals surface area (Å²) in [4.78, 5) is 16.5. The van der Waals surface area contributed by atoms with E-state index in [1.807, 2.05) is 24.3 Å². The highest BCUT2D eigenvalue weighted by molar-refractivity contribution is 6.30. The molecule has 1 fully saturated rings. The van der Waals surface area contributed by atoms with Gasteiger partial charge in [-0.1, -0.05) is 23.7 Å². The smallest absolute Gasteiger partial charge is 0.244 e. The Bertz CT molecular complexity index is 478. The van der Waals surface area contributed by atoms with Crippen molar-refractivity contribution in [3.63, 3.8) is 0 Å². The summed E-state index contributed by atoms with van der Waals surface area (Å²) >= 11 is 6.09. The van der Waals surface area contributed by atoms with E-state index in [1.165, 1.54) is 0 Å². The zero-order chi connectivity index (χ0) is 14.7. The van der Waals surface area contributed by atoms with E-state index < -0.39 is 0 Å². The molecule has 1 saturated heterocycles. The minimum absolute atomic E-state index is 0.0982. The lowest BCUT2D eigenvalue weighted by Gasteiger charge is -2.40. The maximum absolute atomic E-state index is 12.6. The van der Waals surface area contributed by atoms with Crippen molar-refractivity contribution >= 4 is 17.5 Å². The van der Waals surface area contributed by atoms with Gasteiger partial charge >= 0.3 is 0 Å². The molecule has 2 rings (SSSR count). The van der Waals surface area contributed by atoms with Crippen molar-refractivity contribution < 1.29 is 4.79 Å². The predicted octanol–water partition coefficient (Wildman–Crippen LogP) is 1.76. The lowest BCUT2D eigenvalue weighted by atomic mass is 10.0. The maximum Gasteiger partial charge on any atom is 0.244 e. The number of rotatable bonds is 3. The van der Waals surface area contributed by atoms with Gasteiger partial charge in [0, 0.05) is 44.8 Å². The van der Waals surface area contributed by atoms with Crippen molar-refractivity contribution in [1.29, 1.82) is 0 Å². The number of amides is 1. The van der Waals surface area contributed by atoms with Gasteiger partial charge in [-0.3, -0.25) is 9.69 Å². The molecule has 2 unspecified atom stereocenters. The molecule has 1 heterocycles. The van der Waals surface area contributed by atoms with Crippen LogP contribution in [0.5, 0.6) is 0 Å². The molecule has 0 spiro atoms. The molecule has 1 N–H and O–H groups in total. The van der Waals surface area contributed by atoms with Crippen LogP contribution in [0.4, 0.5) is 0 Å². The predicted molar refractivity (Wildman–Crippen MR) is 81.9 cm³/mol. The van der Waals surface area contributed by atoms with E-state index in [0.29, 0.717) is 11.1 Å². The number of piperazine rings is 1. The molecule has 0 bridgehead atoms. The molecule has 0 aliphatic carbocycles. The number of nitrogens with one attached hydrogen (secondary N) is 1. The summed E-state index contributed by atoms with van der Waals surface area (Å²) in [6.45, 7) is 4.81. The van der Waals surface area contributed by atoms with Crippen LogP contribution < -0.4 is 5.32 Å². The number of likely N-dealkylation sites (N-methyl/N-ethyl adjacent to an activating group) is 1. The third-order valence-corrected chi connectivity index (χ3v) is 3.96. The van der Waals surface area contributed by atoms with E-state index in [0.717, 1.165) is 25.2 Å². The molecule has 1 aliphatic heterocycles. The van der Waals surface area contributed by atoms with E-state index in [2.05, 4.69) is 17.1 Å². The van der Waals surface area contributed by atoms with Crippen LogP contribution in [0.2, 0.25) is 5.02 Å². The van der Waals surface area contributed by atoms with Crippen LogP contribution in [0.3, 0.4) is 0 Å². The Morgan fingerprint density at radius 3 is 2.85 bits per heavy atom. The van der Waals surface area contributed by atoms with Crippen LogP contribution in [0, 0.1) is 0 Å². The van der Waals surface area contributed by atoms with Gasteiger partial charge < -0.3 is 10.2 Å². The fraction of sp³-hybridized carbons (Fsp3) is 0.533. The van der Waals surface area contributed by atoms with Crippen LogP contribution in [-0.2, 0) is 4.79 Å². The monoisotopic (exact) mass is 295 g/mol. The van der Waals surface area contributed by atoms with Crippen LogP contribution in [0.1, 0.15) is 18.5 Å². The van der Waals surface area contributed by atoms with Gasteiger partial charge in [-0.25, -0.2) is 0 Å². The van der Waals surface area contributed by atoms with E-state index in [-0.39, 0.29) is 11.9 Å². The molecular weight excluding hydrogens is 274 g/mol. The van der Waals surface area contributed by atoms with Crippen molar-refractivity contribution in [3.8, 4) is 0 Å². The fourth-order valence-corrected chi connectivity index (χ4v) is 2.84. The number of carbonyl (C=O) groups is 1. The second-order valence-corrected chi connectivity index (χ2v) is 5.92. The van der Waals surface area contributed by atoms with E-state index in [4.69, 9.17) is 11.6 Å². The summed E-state index contributed by atoms with van der Waals surface area (Å²) < 4.78 is 0. The number of carbonyl (C=O) groups excluding carboxylic acids is 1. The summed E-state index contributed by atoms with van der Waals surface area (Å²) in [6, 6.07) is 7.66. The first-order valence-electron chi connectivity index (χ1n) is 6.94. The summed E-state index contributed by atoms with van der Waals surface area (Å²) in [5.41, 5.74) is 0.963. The highest BCUT2D eigenvalue weighted by atomic mass is 35.5. The molecule has 1 aliphatic rings. The minimum atomic E-state index is -0.263. The second kappa shape index (κ2) is 6.57. The average molecular weight is 296 g/mol. The number of nitrogens with zero attached hydrogens (tertiary/aromatic N) is 2. The van der Waals surface area contributed by atoms with E-state index >= 15 is 0 Å². The topological polar surface area (TPSA) is 35.6 Å². The number of benzene rings is 1. The average Bonchev–Trinajstić information content (AvgIpc) is 2.41. The van der Waals surface area contributed by atoms with Gasteiger partial charge in [-0.15, -0.1) is 0 Å². The van der Waals surface area contributed by atoms with Crippen molar-refractivity contribution in [2.45, 2.75) is 19.0 Å². The molecule has 1 aromatic carbocycles. The van der Waals surface area contributed by atoms with Crippen molar-refractivity contribution in [3.05, 3.63) is 34.9 Å². The highest BCUT2D eigenvalue weighted by Gasteiger charge is 2.33. The molecule has 0 aromatic heterocycles. The summed E-state index contributed by atoms with van der Waals surface area (Å²) in [6.07, 6.45) is 0. The lowest BCUT2D eigenvalue weighted by Crippen LogP contribution is -2.54. The quantitative estimate of drug-likeness (QED) is 0.923. The lowest BCUT2D eigenvalue weighted by molar-refractivity contribution is -0.136. The molecule has 110 valence electrons. The van der Waals surface area contributed by atoms with Gasteiger partial charge in [0.05, 0.1) is 0 Å². The first-order valence-corrected chi connectivity index (χ1v) is 7.31. The Morgan fingerprint density at radius 2 is 2.25 bits per heavy atom. The Labute approximate surface area is 125 Å². The Morgan fingerprint density at radius 1 is 1.50 bits per heavy atom. The van der Waals surface area contributed by atoms with Crippen LogP contribution in [-0.4, -0.2) is 55.5 Å². The van der Waals surface area contributed by atoms with Gasteiger partial charge in [0.2, 0.25) is 5.91 Å². The van der Waals surface area contributed by atoms with Crippen LogP contribution >= 0.6 is 11.6 Å². The number of hydrogen-bond acceptors (Lipinski definition) is 3. The molecule has 20 heavy (non-hydrogen) atoms. The molecule has 0 radical (unpaired) electrons. The van der Waals surface area contributed by atoms with Crippen molar-refractivity contribution in [2.24, 2.45) is 0 Å². The van der Waals surface area contributed by atoms with Gasteiger partial charge in [0.15, 0.2) is 0 Å². The Hall–Kier alpha value is -1.10. The molecule has 5 heteroatoms. The molecular formula is C15H22ClN3O. The normalized spacial score (nSPS) is 21.5. The molecule has 4 nitrogen and oxygen atoms in total. The molecule has 0 saturated carbocycles. The van der Waals surface area contributed by atoms with Crippen molar-refractivity contribution in [1.82, 2.24) is 15.1 Å². The summed E-state index contributed by atoms with van der Waals surface area (Å²) in [7, 11) is 3.60. The Balaban J connectivity index is 2.36. The molecule has 1 amide bonds. The number of halogens is 1. The summed E-state index contributed by atoms with van der Waals surface area (Å²) in [5, 5.41) is 4.03. The fourth-order valence-electron chi connectivity index (χ4n) is 2.64. The SMILES string of the molecule is CC1CNCCN1C(C(=O)N(C)C)c1cccc(Cl)c1. The van der Waals surface area contributed by atoms with Crippen molar-refractivity contribution in [2.75, 3.05) is 33.7 Å².